The molecule has 3 unspecified atom stereocenters. The second-order valence-corrected chi connectivity index (χ2v) is 3.66. The molecule has 0 spiro atoms. The summed E-state index contributed by atoms with van der Waals surface area (Å²) in [4.78, 5) is 10.5. The Bertz CT molecular complexity index is 184. The van der Waals surface area contributed by atoms with E-state index in [1.807, 2.05) is 6.92 Å². The summed E-state index contributed by atoms with van der Waals surface area (Å²) in [5.74, 6) is -0.818. The van der Waals surface area contributed by atoms with E-state index in [0.29, 0.717) is 6.54 Å². The third-order valence-corrected chi connectivity index (χ3v) is 2.53. The first-order valence-corrected chi connectivity index (χ1v) is 4.70. The summed E-state index contributed by atoms with van der Waals surface area (Å²) in [5, 5.41) is 8.63. The Labute approximate surface area is 78.1 Å². The fraction of sp³-hybridized carbons (Fsp3) is 0.889. The molecule has 0 amide bonds. The number of ether oxygens (including phenoxy) is 1. The molecule has 3 N–H and O–H groups in total. The topological polar surface area (TPSA) is 72.6 Å². The number of carboxylic acid groups (broad SMARTS) is 1. The molecule has 1 aliphatic heterocycles. The Morgan fingerprint density at radius 1 is 1.69 bits per heavy atom. The van der Waals surface area contributed by atoms with Crippen molar-refractivity contribution in [3.05, 3.63) is 0 Å². The minimum Gasteiger partial charge on any atom is -0.481 e. The third kappa shape index (κ3) is 2.97. The van der Waals surface area contributed by atoms with Crippen molar-refractivity contribution in [2.75, 3.05) is 6.54 Å². The highest BCUT2D eigenvalue weighted by Crippen LogP contribution is 2.26. The maximum Gasteiger partial charge on any atom is 0.303 e. The lowest BCUT2D eigenvalue weighted by atomic mass is 9.96. The van der Waals surface area contributed by atoms with Crippen LogP contribution in [-0.4, -0.2) is 29.8 Å². The van der Waals surface area contributed by atoms with E-state index in [4.69, 9.17) is 15.6 Å². The predicted octanol–water partition coefficient (Wildman–Crippen LogP) is 0.603. The molecular weight excluding hydrogens is 170 g/mol. The molecule has 4 nitrogen and oxygen atoms in total. The Balaban J connectivity index is 2.42. The van der Waals surface area contributed by atoms with Crippen LogP contribution < -0.4 is 5.73 Å². The molecule has 4 heteroatoms. The van der Waals surface area contributed by atoms with E-state index in [-0.39, 0.29) is 24.5 Å². The van der Waals surface area contributed by atoms with Crippen LogP contribution in [0.15, 0.2) is 0 Å². The third-order valence-electron chi connectivity index (χ3n) is 2.53. The molecule has 0 bridgehead atoms. The first kappa shape index (κ1) is 10.5. The summed E-state index contributed by atoms with van der Waals surface area (Å²) in [5.41, 5.74) is 5.50. The van der Waals surface area contributed by atoms with E-state index in [2.05, 4.69) is 0 Å². The minimum absolute atomic E-state index is 0.0255. The van der Waals surface area contributed by atoms with Crippen LogP contribution in [0.1, 0.15) is 26.2 Å². The zero-order valence-corrected chi connectivity index (χ0v) is 7.90. The van der Waals surface area contributed by atoms with E-state index in [1.54, 1.807) is 0 Å². The molecule has 0 aromatic heterocycles. The quantitative estimate of drug-likeness (QED) is 0.676. The number of hydrogen-bond donors (Lipinski definition) is 2. The van der Waals surface area contributed by atoms with Gasteiger partial charge in [-0.05, 0) is 26.3 Å². The molecule has 3 atom stereocenters. The molecule has 1 rings (SSSR count). The van der Waals surface area contributed by atoms with Gasteiger partial charge in [0, 0.05) is 5.92 Å². The summed E-state index contributed by atoms with van der Waals surface area (Å²) in [6, 6.07) is 0. The van der Waals surface area contributed by atoms with E-state index in [9.17, 15) is 4.79 Å². The molecule has 0 radical (unpaired) electrons. The van der Waals surface area contributed by atoms with Gasteiger partial charge in [0.05, 0.1) is 18.6 Å². The number of aliphatic carboxylic acids is 1. The van der Waals surface area contributed by atoms with Gasteiger partial charge < -0.3 is 15.6 Å². The minimum atomic E-state index is -0.793. The van der Waals surface area contributed by atoms with Gasteiger partial charge in [0.15, 0.2) is 0 Å². The van der Waals surface area contributed by atoms with E-state index < -0.39 is 5.97 Å². The van der Waals surface area contributed by atoms with Gasteiger partial charge >= 0.3 is 5.97 Å². The number of hydrogen-bond acceptors (Lipinski definition) is 3. The van der Waals surface area contributed by atoms with Crippen LogP contribution in [-0.2, 0) is 9.53 Å². The average molecular weight is 187 g/mol. The number of nitrogens with two attached hydrogens (primary N) is 1. The molecule has 1 aliphatic rings. The first-order chi connectivity index (χ1) is 6.13. The summed E-state index contributed by atoms with van der Waals surface area (Å²) in [7, 11) is 0. The van der Waals surface area contributed by atoms with Crippen LogP contribution in [0, 0.1) is 5.92 Å². The molecule has 13 heavy (non-hydrogen) atoms. The van der Waals surface area contributed by atoms with Crippen molar-refractivity contribution in [1.82, 2.24) is 0 Å². The monoisotopic (exact) mass is 187 g/mol. The molecule has 1 fully saturated rings. The van der Waals surface area contributed by atoms with Crippen molar-refractivity contribution in [2.24, 2.45) is 11.7 Å². The number of rotatable bonds is 4. The molecule has 0 aliphatic carbocycles. The molecule has 1 heterocycles. The van der Waals surface area contributed by atoms with E-state index in [0.717, 1.165) is 12.8 Å². The van der Waals surface area contributed by atoms with Gasteiger partial charge in [-0.2, -0.15) is 0 Å². The van der Waals surface area contributed by atoms with E-state index >= 15 is 0 Å². The Hall–Kier alpha value is -0.610. The van der Waals surface area contributed by atoms with Crippen molar-refractivity contribution >= 4 is 5.97 Å². The van der Waals surface area contributed by atoms with Gasteiger partial charge in [-0.1, -0.05) is 0 Å². The van der Waals surface area contributed by atoms with Crippen LogP contribution in [0.4, 0.5) is 0 Å². The van der Waals surface area contributed by atoms with Gasteiger partial charge in [-0.25, -0.2) is 0 Å². The Morgan fingerprint density at radius 2 is 2.38 bits per heavy atom. The molecular formula is C9H17NO3. The SMILES string of the molecule is CC1CCC(C(CN)CC(=O)O)O1. The van der Waals surface area contributed by atoms with Gasteiger partial charge in [0.25, 0.3) is 0 Å². The lowest BCUT2D eigenvalue weighted by Gasteiger charge is -2.20. The van der Waals surface area contributed by atoms with Gasteiger partial charge in [0.2, 0.25) is 0 Å². The summed E-state index contributed by atoms with van der Waals surface area (Å²) in [6.07, 6.45) is 2.38. The van der Waals surface area contributed by atoms with Crippen LogP contribution >= 0.6 is 0 Å². The van der Waals surface area contributed by atoms with Crippen LogP contribution in [0.5, 0.6) is 0 Å². The highest BCUT2D eigenvalue weighted by atomic mass is 16.5. The lowest BCUT2D eigenvalue weighted by molar-refractivity contribution is -0.139. The van der Waals surface area contributed by atoms with Crippen molar-refractivity contribution < 1.29 is 14.6 Å². The fourth-order valence-corrected chi connectivity index (χ4v) is 1.77. The average Bonchev–Trinajstić information content (AvgIpc) is 2.47. The first-order valence-electron chi connectivity index (χ1n) is 4.70. The highest BCUT2D eigenvalue weighted by molar-refractivity contribution is 5.67. The fourth-order valence-electron chi connectivity index (χ4n) is 1.77. The second kappa shape index (κ2) is 4.58. The van der Waals surface area contributed by atoms with Crippen LogP contribution in [0.25, 0.3) is 0 Å². The number of carboxylic acids is 1. The Morgan fingerprint density at radius 3 is 2.77 bits per heavy atom. The molecule has 0 aromatic carbocycles. The second-order valence-electron chi connectivity index (χ2n) is 3.66. The highest BCUT2D eigenvalue weighted by Gasteiger charge is 2.29. The van der Waals surface area contributed by atoms with Crippen LogP contribution in [0.2, 0.25) is 0 Å². The lowest BCUT2D eigenvalue weighted by Crippen LogP contribution is -2.30. The van der Waals surface area contributed by atoms with Crippen molar-refractivity contribution in [1.29, 1.82) is 0 Å². The van der Waals surface area contributed by atoms with Gasteiger partial charge in [-0.15, -0.1) is 0 Å². The van der Waals surface area contributed by atoms with Crippen LogP contribution in [0.3, 0.4) is 0 Å². The predicted molar refractivity (Wildman–Crippen MR) is 48.4 cm³/mol. The molecule has 76 valence electrons. The maximum absolute atomic E-state index is 10.5. The summed E-state index contributed by atoms with van der Waals surface area (Å²) < 4.78 is 5.57. The van der Waals surface area contributed by atoms with Gasteiger partial charge in [0.1, 0.15) is 0 Å². The maximum atomic E-state index is 10.5. The molecule has 0 aromatic rings. The Kier molecular flexibility index (Phi) is 3.69. The molecule has 1 saturated heterocycles. The number of carbonyl (C=O) groups is 1. The van der Waals surface area contributed by atoms with Gasteiger partial charge in [-0.3, -0.25) is 4.79 Å². The summed E-state index contributed by atoms with van der Waals surface area (Å²) >= 11 is 0. The zero-order valence-electron chi connectivity index (χ0n) is 7.90. The largest absolute Gasteiger partial charge is 0.481 e. The van der Waals surface area contributed by atoms with E-state index in [1.165, 1.54) is 0 Å². The van der Waals surface area contributed by atoms with Crippen molar-refractivity contribution in [3.63, 3.8) is 0 Å². The molecule has 0 saturated carbocycles. The zero-order chi connectivity index (χ0) is 9.84. The van der Waals surface area contributed by atoms with Crippen molar-refractivity contribution in [3.8, 4) is 0 Å². The summed E-state index contributed by atoms with van der Waals surface area (Å²) in [6.45, 7) is 2.40. The standard InChI is InChI=1S/C9H17NO3/c1-6-2-3-8(13-6)7(5-10)4-9(11)12/h6-8H,2-5,10H2,1H3,(H,11,12). The van der Waals surface area contributed by atoms with Crippen molar-refractivity contribution in [2.45, 2.75) is 38.4 Å². The smallest absolute Gasteiger partial charge is 0.303 e. The normalized spacial score (nSPS) is 30.3.